The summed E-state index contributed by atoms with van der Waals surface area (Å²) in [7, 11) is 0. The number of carbonyl (C=O) groups excluding carboxylic acids is 3. The largest absolute Gasteiger partial charge is 0.454 e. The van der Waals surface area contributed by atoms with E-state index in [-0.39, 0.29) is 19.2 Å². The van der Waals surface area contributed by atoms with Crippen molar-refractivity contribution in [3.63, 3.8) is 0 Å². The van der Waals surface area contributed by atoms with Gasteiger partial charge in [0.05, 0.1) is 37.3 Å². The second-order valence-electron chi connectivity index (χ2n) is 7.74. The van der Waals surface area contributed by atoms with Crippen LogP contribution in [0.15, 0.2) is 42.5 Å². The van der Waals surface area contributed by atoms with Gasteiger partial charge in [0.2, 0.25) is 12.7 Å². The fourth-order valence-electron chi connectivity index (χ4n) is 4.21. The second-order valence-corrected chi connectivity index (χ2v) is 7.74. The highest BCUT2D eigenvalue weighted by Crippen LogP contribution is 2.32. The minimum atomic E-state index is -0.393. The summed E-state index contributed by atoms with van der Waals surface area (Å²) >= 11 is 0. The molecule has 0 aliphatic carbocycles. The minimum Gasteiger partial charge on any atom is -0.454 e. The van der Waals surface area contributed by atoms with Crippen LogP contribution in [0.25, 0.3) is 0 Å². The summed E-state index contributed by atoms with van der Waals surface area (Å²) in [5.74, 6) is 0.581. The molecule has 3 amide bonds. The molecule has 1 N–H and O–H groups in total. The van der Waals surface area contributed by atoms with Crippen LogP contribution in [0.3, 0.4) is 0 Å². The van der Waals surface area contributed by atoms with Crippen LogP contribution in [0.5, 0.6) is 11.5 Å². The van der Waals surface area contributed by atoms with E-state index in [0.29, 0.717) is 24.2 Å². The number of amides is 3. The van der Waals surface area contributed by atoms with Crippen LogP contribution in [0.1, 0.15) is 26.3 Å². The third-order valence-electron chi connectivity index (χ3n) is 5.89. The Balaban J connectivity index is 1.16. The maximum absolute atomic E-state index is 12.7. The van der Waals surface area contributed by atoms with Gasteiger partial charge in [-0.1, -0.05) is 12.1 Å². The predicted octanol–water partition coefficient (Wildman–Crippen LogP) is -0.0614. The molecule has 1 saturated heterocycles. The van der Waals surface area contributed by atoms with Gasteiger partial charge in [-0.25, -0.2) is 0 Å². The van der Waals surface area contributed by atoms with E-state index < -0.39 is 11.8 Å². The number of nitrogens with zero attached hydrogens (tertiary/aromatic N) is 2. The van der Waals surface area contributed by atoms with E-state index >= 15 is 0 Å². The summed E-state index contributed by atoms with van der Waals surface area (Å²) in [5, 5.41) is 0. The van der Waals surface area contributed by atoms with Gasteiger partial charge in [-0.3, -0.25) is 19.3 Å². The maximum Gasteiger partial charge on any atom is 0.262 e. The Hall–Kier alpha value is -3.39. The van der Waals surface area contributed by atoms with Crippen molar-refractivity contribution in [2.24, 2.45) is 0 Å². The average molecular weight is 408 g/mol. The standard InChI is InChI=1S/C22H21N3O5/c26-20(13-25-21(27)16-3-1-2-4-17(16)22(25)28)24-9-7-23(8-10-24)12-15-5-6-18-19(11-15)30-14-29-18/h1-6,11H,7-10,12-14H2/p+1. The second kappa shape index (κ2) is 7.46. The van der Waals surface area contributed by atoms with Crippen molar-refractivity contribution in [2.45, 2.75) is 6.54 Å². The van der Waals surface area contributed by atoms with E-state index in [9.17, 15) is 14.4 Å². The zero-order valence-corrected chi connectivity index (χ0v) is 16.4. The molecule has 2 aromatic carbocycles. The number of benzene rings is 2. The van der Waals surface area contributed by atoms with Crippen molar-refractivity contribution < 1.29 is 28.8 Å². The topological polar surface area (TPSA) is 80.6 Å². The quantitative estimate of drug-likeness (QED) is 0.717. The molecule has 3 aliphatic rings. The Labute approximate surface area is 173 Å². The first-order valence-electron chi connectivity index (χ1n) is 10.1. The van der Waals surface area contributed by atoms with E-state index in [4.69, 9.17) is 9.47 Å². The van der Waals surface area contributed by atoms with Crippen molar-refractivity contribution in [3.05, 3.63) is 59.2 Å². The minimum absolute atomic E-state index is 0.188. The van der Waals surface area contributed by atoms with Crippen molar-refractivity contribution in [3.8, 4) is 11.5 Å². The zero-order valence-electron chi connectivity index (χ0n) is 16.4. The summed E-state index contributed by atoms with van der Waals surface area (Å²) in [4.78, 5) is 41.8. The third kappa shape index (κ3) is 3.29. The van der Waals surface area contributed by atoms with Gasteiger partial charge in [-0.2, -0.15) is 0 Å². The van der Waals surface area contributed by atoms with Crippen LogP contribution in [0.4, 0.5) is 0 Å². The molecular formula is C22H22N3O5+. The molecule has 0 bridgehead atoms. The molecule has 154 valence electrons. The Morgan fingerprint density at radius 1 is 0.933 bits per heavy atom. The highest BCUT2D eigenvalue weighted by Gasteiger charge is 2.37. The summed E-state index contributed by atoms with van der Waals surface area (Å²) < 4.78 is 10.8. The number of piperazine rings is 1. The summed E-state index contributed by atoms with van der Waals surface area (Å²) in [6, 6.07) is 12.7. The van der Waals surface area contributed by atoms with Crippen LogP contribution < -0.4 is 14.4 Å². The molecule has 8 heteroatoms. The number of rotatable bonds is 4. The molecule has 0 saturated carbocycles. The van der Waals surface area contributed by atoms with Gasteiger partial charge in [-0.15, -0.1) is 0 Å². The van der Waals surface area contributed by atoms with E-state index in [1.807, 2.05) is 18.2 Å². The molecule has 5 rings (SSSR count). The van der Waals surface area contributed by atoms with Gasteiger partial charge >= 0.3 is 0 Å². The number of fused-ring (bicyclic) bond motifs is 2. The van der Waals surface area contributed by atoms with Gasteiger partial charge in [0.1, 0.15) is 13.1 Å². The first-order valence-corrected chi connectivity index (χ1v) is 10.1. The van der Waals surface area contributed by atoms with Crippen LogP contribution in [-0.2, 0) is 11.3 Å². The van der Waals surface area contributed by atoms with Crippen molar-refractivity contribution in [2.75, 3.05) is 39.5 Å². The maximum atomic E-state index is 12.7. The van der Waals surface area contributed by atoms with Gasteiger partial charge in [0.25, 0.3) is 11.8 Å². The molecule has 0 radical (unpaired) electrons. The Morgan fingerprint density at radius 2 is 1.60 bits per heavy atom. The number of carbonyl (C=O) groups is 3. The Kier molecular flexibility index (Phi) is 4.63. The lowest BCUT2D eigenvalue weighted by atomic mass is 10.1. The van der Waals surface area contributed by atoms with Crippen LogP contribution >= 0.6 is 0 Å². The van der Waals surface area contributed by atoms with Crippen LogP contribution in [-0.4, -0.2) is 67.0 Å². The SMILES string of the molecule is O=C(CN1C(=O)c2ccccc2C1=O)N1CC[NH+](Cc2ccc3c(c2)OCO3)CC1. The van der Waals surface area contributed by atoms with E-state index in [2.05, 4.69) is 0 Å². The lowest BCUT2D eigenvalue weighted by Gasteiger charge is -2.33. The lowest BCUT2D eigenvalue weighted by molar-refractivity contribution is -0.917. The van der Waals surface area contributed by atoms with E-state index in [1.165, 1.54) is 10.5 Å². The monoisotopic (exact) mass is 408 g/mol. The number of nitrogens with one attached hydrogen (secondary N) is 1. The van der Waals surface area contributed by atoms with Crippen molar-refractivity contribution >= 4 is 17.7 Å². The summed E-state index contributed by atoms with van der Waals surface area (Å²) in [6.45, 7) is 3.72. The number of ether oxygens (including phenoxy) is 2. The third-order valence-corrected chi connectivity index (χ3v) is 5.89. The zero-order chi connectivity index (χ0) is 20.7. The molecule has 0 unspecified atom stereocenters. The molecule has 3 aliphatic heterocycles. The normalized spacial score (nSPS) is 18.1. The number of quaternary nitrogens is 1. The van der Waals surface area contributed by atoms with Gasteiger partial charge in [-0.05, 0) is 30.3 Å². The summed E-state index contributed by atoms with van der Waals surface area (Å²) in [6.07, 6.45) is 0. The smallest absolute Gasteiger partial charge is 0.262 e. The Morgan fingerprint density at radius 3 is 2.30 bits per heavy atom. The van der Waals surface area contributed by atoms with Crippen molar-refractivity contribution in [1.29, 1.82) is 0 Å². The van der Waals surface area contributed by atoms with Crippen molar-refractivity contribution in [1.82, 2.24) is 9.80 Å². The molecule has 2 aromatic rings. The molecular weight excluding hydrogens is 386 g/mol. The Bertz CT molecular complexity index is 994. The number of hydrogen-bond donors (Lipinski definition) is 1. The van der Waals surface area contributed by atoms with Gasteiger partial charge in [0, 0.05) is 5.56 Å². The fraction of sp³-hybridized carbons (Fsp3) is 0.318. The lowest BCUT2D eigenvalue weighted by Crippen LogP contribution is -3.13. The highest BCUT2D eigenvalue weighted by atomic mass is 16.7. The molecule has 0 atom stereocenters. The molecule has 8 nitrogen and oxygen atoms in total. The molecule has 3 heterocycles. The van der Waals surface area contributed by atoms with Gasteiger partial charge in [0.15, 0.2) is 11.5 Å². The van der Waals surface area contributed by atoms with Gasteiger partial charge < -0.3 is 19.3 Å². The molecule has 0 aromatic heterocycles. The van der Waals surface area contributed by atoms with E-state index in [0.717, 1.165) is 36.0 Å². The van der Waals surface area contributed by atoms with E-state index in [1.54, 1.807) is 29.2 Å². The van der Waals surface area contributed by atoms with Crippen LogP contribution in [0.2, 0.25) is 0 Å². The highest BCUT2D eigenvalue weighted by molar-refractivity contribution is 6.22. The average Bonchev–Trinajstić information content (AvgIpc) is 3.33. The number of hydrogen-bond acceptors (Lipinski definition) is 5. The molecule has 0 spiro atoms. The number of imide groups is 1. The predicted molar refractivity (Wildman–Crippen MR) is 105 cm³/mol. The fourth-order valence-corrected chi connectivity index (χ4v) is 4.21. The summed E-state index contributed by atoms with van der Waals surface area (Å²) in [5.41, 5.74) is 1.90. The molecule has 1 fully saturated rings. The van der Waals surface area contributed by atoms with Crippen LogP contribution in [0, 0.1) is 0 Å². The first-order chi connectivity index (χ1) is 14.6. The first kappa shape index (κ1) is 18.6. The molecule has 30 heavy (non-hydrogen) atoms.